The summed E-state index contributed by atoms with van der Waals surface area (Å²) in [6, 6.07) is 13.9. The summed E-state index contributed by atoms with van der Waals surface area (Å²) in [5.41, 5.74) is 4.09. The third-order valence-electron chi connectivity index (χ3n) is 4.49. The van der Waals surface area contributed by atoms with Crippen molar-refractivity contribution in [1.82, 2.24) is 0 Å². The quantitative estimate of drug-likeness (QED) is 0.788. The van der Waals surface area contributed by atoms with Crippen molar-refractivity contribution in [2.24, 2.45) is 0 Å². The Hall–Kier alpha value is -2.20. The zero-order chi connectivity index (χ0) is 17.6. The van der Waals surface area contributed by atoms with Crippen LogP contribution in [0.15, 0.2) is 42.5 Å². The van der Waals surface area contributed by atoms with Gasteiger partial charge in [0.05, 0.1) is 0 Å². The zero-order valence-corrected chi connectivity index (χ0v) is 15.3. The first-order valence-electron chi connectivity index (χ1n) is 8.77. The van der Waals surface area contributed by atoms with Crippen LogP contribution in [0.5, 0.6) is 0 Å². The Morgan fingerprint density at radius 3 is 2.56 bits per heavy atom. The lowest BCUT2D eigenvalue weighted by Gasteiger charge is -2.18. The van der Waals surface area contributed by atoms with E-state index in [4.69, 9.17) is 11.6 Å². The number of carbonyl (C=O) groups excluding carboxylic acids is 1. The molecule has 1 aliphatic rings. The molecule has 5 heteroatoms. The number of amides is 1. The number of carbonyl (C=O) groups is 1. The number of hydrogen-bond donors (Lipinski definition) is 2. The van der Waals surface area contributed by atoms with Crippen LogP contribution >= 0.6 is 11.6 Å². The Bertz CT molecular complexity index is 724. The third kappa shape index (κ3) is 4.89. The van der Waals surface area contributed by atoms with Gasteiger partial charge in [0.25, 0.3) is 0 Å². The molecule has 2 aromatic carbocycles. The number of halogens is 1. The van der Waals surface area contributed by atoms with Gasteiger partial charge in [0.1, 0.15) is 0 Å². The van der Waals surface area contributed by atoms with Crippen LogP contribution in [0.2, 0.25) is 5.02 Å². The lowest BCUT2D eigenvalue weighted by Crippen LogP contribution is -2.18. The van der Waals surface area contributed by atoms with Crippen molar-refractivity contribution in [1.29, 1.82) is 0 Å². The largest absolute Gasteiger partial charge is 0.385 e. The van der Waals surface area contributed by atoms with Crippen LogP contribution in [0.1, 0.15) is 24.8 Å². The standard InChI is InChI=1S/C20H24ClN3O/c1-15-4-5-16(21)14-19(15)23-20(25)10-11-22-17-6-8-18(9-7-17)24-12-2-3-13-24/h4-9,14,22H,2-3,10-13H2,1H3,(H,23,25). The molecule has 0 aliphatic carbocycles. The monoisotopic (exact) mass is 357 g/mol. The Kier molecular flexibility index (Phi) is 5.82. The van der Waals surface area contributed by atoms with Gasteiger partial charge in [-0.1, -0.05) is 17.7 Å². The molecule has 1 aliphatic heterocycles. The van der Waals surface area contributed by atoms with Crippen molar-refractivity contribution in [3.63, 3.8) is 0 Å². The first-order chi connectivity index (χ1) is 12.1. The molecule has 0 saturated carbocycles. The molecule has 1 saturated heterocycles. The van der Waals surface area contributed by atoms with E-state index in [1.165, 1.54) is 18.5 Å². The van der Waals surface area contributed by atoms with Crippen LogP contribution in [0.4, 0.5) is 17.1 Å². The number of nitrogens with zero attached hydrogens (tertiary/aromatic N) is 1. The van der Waals surface area contributed by atoms with Gasteiger partial charge in [-0.15, -0.1) is 0 Å². The average molecular weight is 358 g/mol. The predicted molar refractivity (Wildman–Crippen MR) is 106 cm³/mol. The zero-order valence-electron chi connectivity index (χ0n) is 14.5. The number of nitrogens with one attached hydrogen (secondary N) is 2. The molecule has 2 aromatic rings. The smallest absolute Gasteiger partial charge is 0.226 e. The van der Waals surface area contributed by atoms with Gasteiger partial charge < -0.3 is 15.5 Å². The fourth-order valence-electron chi connectivity index (χ4n) is 3.03. The third-order valence-corrected chi connectivity index (χ3v) is 4.73. The van der Waals surface area contributed by atoms with Gasteiger partial charge in [0, 0.05) is 48.1 Å². The molecule has 0 spiro atoms. The molecule has 1 heterocycles. The number of hydrogen-bond acceptors (Lipinski definition) is 3. The number of rotatable bonds is 6. The second kappa shape index (κ2) is 8.26. The molecular formula is C20H24ClN3O. The summed E-state index contributed by atoms with van der Waals surface area (Å²) in [5.74, 6) is -0.0217. The first kappa shape index (κ1) is 17.6. The molecule has 1 amide bonds. The second-order valence-corrected chi connectivity index (χ2v) is 6.86. The summed E-state index contributed by atoms with van der Waals surface area (Å²) in [4.78, 5) is 14.5. The molecule has 2 N–H and O–H groups in total. The van der Waals surface area contributed by atoms with Gasteiger partial charge in [-0.25, -0.2) is 0 Å². The highest BCUT2D eigenvalue weighted by Gasteiger charge is 2.11. The Balaban J connectivity index is 1.45. The molecule has 0 aromatic heterocycles. The summed E-state index contributed by atoms with van der Waals surface area (Å²) >= 11 is 5.98. The van der Waals surface area contributed by atoms with Gasteiger partial charge in [-0.05, 0) is 61.7 Å². The van der Waals surface area contributed by atoms with Gasteiger partial charge in [-0.2, -0.15) is 0 Å². The summed E-state index contributed by atoms with van der Waals surface area (Å²) in [5, 5.41) is 6.84. The van der Waals surface area contributed by atoms with Crippen LogP contribution in [-0.4, -0.2) is 25.5 Å². The summed E-state index contributed by atoms with van der Waals surface area (Å²) in [7, 11) is 0. The maximum absolute atomic E-state index is 12.1. The molecule has 0 atom stereocenters. The fraction of sp³-hybridized carbons (Fsp3) is 0.350. The second-order valence-electron chi connectivity index (χ2n) is 6.43. The summed E-state index contributed by atoms with van der Waals surface area (Å²) < 4.78 is 0. The lowest BCUT2D eigenvalue weighted by atomic mass is 10.2. The molecule has 4 nitrogen and oxygen atoms in total. The van der Waals surface area contributed by atoms with E-state index < -0.39 is 0 Å². The highest BCUT2D eigenvalue weighted by Crippen LogP contribution is 2.22. The lowest BCUT2D eigenvalue weighted by molar-refractivity contribution is -0.115. The fourth-order valence-corrected chi connectivity index (χ4v) is 3.20. The summed E-state index contributed by atoms with van der Waals surface area (Å²) in [6.45, 7) is 4.84. The Morgan fingerprint density at radius 2 is 1.84 bits per heavy atom. The van der Waals surface area contributed by atoms with Crippen LogP contribution in [0.25, 0.3) is 0 Å². The molecule has 132 valence electrons. The van der Waals surface area contributed by atoms with Crippen LogP contribution in [0, 0.1) is 6.92 Å². The number of aryl methyl sites for hydroxylation is 1. The van der Waals surface area contributed by atoms with E-state index in [0.29, 0.717) is 18.0 Å². The van der Waals surface area contributed by atoms with E-state index in [0.717, 1.165) is 30.0 Å². The molecule has 0 unspecified atom stereocenters. The predicted octanol–water partition coefficient (Wildman–Crippen LogP) is 4.69. The van der Waals surface area contributed by atoms with Crippen LogP contribution < -0.4 is 15.5 Å². The number of benzene rings is 2. The van der Waals surface area contributed by atoms with Crippen molar-refractivity contribution < 1.29 is 4.79 Å². The molecule has 0 bridgehead atoms. The summed E-state index contributed by atoms with van der Waals surface area (Å²) in [6.07, 6.45) is 2.96. The van der Waals surface area contributed by atoms with E-state index in [1.807, 2.05) is 19.1 Å². The Labute approximate surface area is 154 Å². The van der Waals surface area contributed by atoms with Crippen molar-refractivity contribution >= 4 is 34.6 Å². The topological polar surface area (TPSA) is 44.4 Å². The van der Waals surface area contributed by atoms with Gasteiger partial charge in [0.2, 0.25) is 5.91 Å². The molecule has 0 radical (unpaired) electrons. The van der Waals surface area contributed by atoms with Crippen LogP contribution in [-0.2, 0) is 4.79 Å². The van der Waals surface area contributed by atoms with Gasteiger partial charge >= 0.3 is 0 Å². The molecule has 25 heavy (non-hydrogen) atoms. The SMILES string of the molecule is Cc1ccc(Cl)cc1NC(=O)CCNc1ccc(N2CCCC2)cc1. The minimum absolute atomic E-state index is 0.0217. The van der Waals surface area contributed by atoms with E-state index in [2.05, 4.69) is 39.8 Å². The molecular weight excluding hydrogens is 334 g/mol. The van der Waals surface area contributed by atoms with Gasteiger partial charge in [0.15, 0.2) is 0 Å². The highest BCUT2D eigenvalue weighted by atomic mass is 35.5. The molecule has 3 rings (SSSR count). The minimum Gasteiger partial charge on any atom is -0.385 e. The minimum atomic E-state index is -0.0217. The van der Waals surface area contributed by atoms with Crippen molar-refractivity contribution in [2.75, 3.05) is 35.2 Å². The Morgan fingerprint density at radius 1 is 1.12 bits per heavy atom. The van der Waals surface area contributed by atoms with E-state index in [9.17, 15) is 4.79 Å². The van der Waals surface area contributed by atoms with Crippen molar-refractivity contribution in [3.05, 3.63) is 53.1 Å². The normalized spacial score (nSPS) is 13.8. The first-order valence-corrected chi connectivity index (χ1v) is 9.14. The van der Waals surface area contributed by atoms with E-state index in [-0.39, 0.29) is 5.91 Å². The number of anilines is 3. The highest BCUT2D eigenvalue weighted by molar-refractivity contribution is 6.31. The van der Waals surface area contributed by atoms with Crippen molar-refractivity contribution in [3.8, 4) is 0 Å². The average Bonchev–Trinajstić information content (AvgIpc) is 3.13. The molecule has 1 fully saturated rings. The van der Waals surface area contributed by atoms with Gasteiger partial charge in [-0.3, -0.25) is 4.79 Å². The maximum Gasteiger partial charge on any atom is 0.226 e. The maximum atomic E-state index is 12.1. The van der Waals surface area contributed by atoms with E-state index in [1.54, 1.807) is 6.07 Å². The van der Waals surface area contributed by atoms with E-state index >= 15 is 0 Å². The van der Waals surface area contributed by atoms with Crippen molar-refractivity contribution in [2.45, 2.75) is 26.2 Å². The van der Waals surface area contributed by atoms with Crippen LogP contribution in [0.3, 0.4) is 0 Å².